The summed E-state index contributed by atoms with van der Waals surface area (Å²) in [6, 6.07) is 1.97. The minimum atomic E-state index is 0.286. The highest BCUT2D eigenvalue weighted by atomic mass is 35.5. The van der Waals surface area contributed by atoms with Gasteiger partial charge in [0.1, 0.15) is 0 Å². The van der Waals surface area contributed by atoms with Gasteiger partial charge in [-0.3, -0.25) is 4.99 Å². The van der Waals surface area contributed by atoms with Gasteiger partial charge in [-0.1, -0.05) is 30.6 Å². The normalized spacial score (nSPS) is 12.0. The van der Waals surface area contributed by atoms with Crippen molar-refractivity contribution in [1.82, 2.24) is 24.9 Å². The topological polar surface area (TPSA) is 71.5 Å². The molecule has 25 heavy (non-hydrogen) atoms. The van der Waals surface area contributed by atoms with Crippen LogP contribution in [0.4, 0.5) is 0 Å². The zero-order valence-corrected chi connectivity index (χ0v) is 16.3. The largest absolute Gasteiger partial charge is 0.356 e. The summed E-state index contributed by atoms with van der Waals surface area (Å²) in [4.78, 5) is 10.8. The van der Waals surface area contributed by atoms with Crippen molar-refractivity contribution in [3.63, 3.8) is 0 Å². The van der Waals surface area contributed by atoms with Gasteiger partial charge in [0.15, 0.2) is 11.8 Å². The third-order valence-corrected chi connectivity index (χ3v) is 4.10. The molecule has 2 aromatic heterocycles. The standard InChI is InChI=1S/C17H27ClN6O/c1-12(2)16-21-15(25-22-16)7-6-8-20-17(19-3)24(5)11-14-9-13(18)10-23(14)4/h9-10,12H,6-8,11H2,1-5H3,(H,19,20). The van der Waals surface area contributed by atoms with Crippen LogP contribution >= 0.6 is 11.6 Å². The lowest BCUT2D eigenvalue weighted by atomic mass is 10.2. The summed E-state index contributed by atoms with van der Waals surface area (Å²) >= 11 is 6.04. The van der Waals surface area contributed by atoms with E-state index in [1.165, 1.54) is 0 Å². The Labute approximate surface area is 154 Å². The van der Waals surface area contributed by atoms with Crippen molar-refractivity contribution >= 4 is 17.6 Å². The molecular weight excluding hydrogens is 340 g/mol. The lowest BCUT2D eigenvalue weighted by Gasteiger charge is -2.22. The number of aryl methyl sites for hydroxylation is 2. The Morgan fingerprint density at radius 3 is 2.80 bits per heavy atom. The molecule has 0 bridgehead atoms. The van der Waals surface area contributed by atoms with Crippen molar-refractivity contribution in [3.8, 4) is 0 Å². The van der Waals surface area contributed by atoms with Crippen molar-refractivity contribution in [1.29, 1.82) is 0 Å². The number of halogens is 1. The first kappa shape index (κ1) is 19.3. The van der Waals surface area contributed by atoms with Crippen molar-refractivity contribution in [3.05, 3.63) is 34.7 Å². The number of aliphatic imine (C=N–C) groups is 1. The minimum Gasteiger partial charge on any atom is -0.356 e. The van der Waals surface area contributed by atoms with Crippen LogP contribution in [0.25, 0.3) is 0 Å². The second-order valence-corrected chi connectivity index (χ2v) is 6.83. The van der Waals surface area contributed by atoms with Gasteiger partial charge in [-0.2, -0.15) is 4.98 Å². The van der Waals surface area contributed by atoms with Crippen molar-refractivity contribution in [2.45, 2.75) is 39.2 Å². The SMILES string of the molecule is CN=C(NCCCc1nc(C(C)C)no1)N(C)Cc1cc(Cl)cn1C. The van der Waals surface area contributed by atoms with E-state index in [2.05, 4.69) is 39.2 Å². The number of aromatic nitrogens is 3. The van der Waals surface area contributed by atoms with Gasteiger partial charge in [-0.15, -0.1) is 0 Å². The van der Waals surface area contributed by atoms with Crippen LogP contribution in [0.2, 0.25) is 5.02 Å². The van der Waals surface area contributed by atoms with Crippen LogP contribution in [-0.2, 0) is 20.0 Å². The molecule has 8 heteroatoms. The highest BCUT2D eigenvalue weighted by molar-refractivity contribution is 6.30. The third kappa shape index (κ3) is 5.49. The summed E-state index contributed by atoms with van der Waals surface area (Å²) in [5.74, 6) is 2.58. The van der Waals surface area contributed by atoms with E-state index in [0.29, 0.717) is 5.89 Å². The molecule has 2 heterocycles. The van der Waals surface area contributed by atoms with E-state index in [4.69, 9.17) is 16.1 Å². The molecule has 0 aliphatic rings. The maximum absolute atomic E-state index is 6.04. The van der Waals surface area contributed by atoms with Gasteiger partial charge >= 0.3 is 0 Å². The fraction of sp³-hybridized carbons (Fsp3) is 0.588. The molecule has 0 unspecified atom stereocenters. The molecule has 0 aliphatic carbocycles. The highest BCUT2D eigenvalue weighted by Crippen LogP contribution is 2.14. The van der Waals surface area contributed by atoms with E-state index in [9.17, 15) is 0 Å². The Hall–Kier alpha value is -2.02. The Morgan fingerprint density at radius 2 is 2.24 bits per heavy atom. The molecule has 2 rings (SSSR count). The van der Waals surface area contributed by atoms with Crippen molar-refractivity contribution in [2.24, 2.45) is 12.0 Å². The lowest BCUT2D eigenvalue weighted by Crippen LogP contribution is -2.39. The zero-order chi connectivity index (χ0) is 18.4. The predicted molar refractivity (Wildman–Crippen MR) is 100.0 cm³/mol. The molecule has 2 aromatic rings. The van der Waals surface area contributed by atoms with E-state index < -0.39 is 0 Å². The smallest absolute Gasteiger partial charge is 0.226 e. The van der Waals surface area contributed by atoms with Crippen LogP contribution in [0.1, 0.15) is 43.6 Å². The zero-order valence-electron chi connectivity index (χ0n) is 15.6. The lowest BCUT2D eigenvalue weighted by molar-refractivity contribution is 0.368. The monoisotopic (exact) mass is 366 g/mol. The molecule has 0 radical (unpaired) electrons. The Balaban J connectivity index is 1.78. The Kier molecular flexibility index (Phi) is 6.87. The average molecular weight is 367 g/mol. The molecule has 0 saturated heterocycles. The maximum Gasteiger partial charge on any atom is 0.226 e. The van der Waals surface area contributed by atoms with Gasteiger partial charge in [-0.25, -0.2) is 0 Å². The first-order valence-corrected chi connectivity index (χ1v) is 8.83. The van der Waals surface area contributed by atoms with Crippen LogP contribution in [-0.4, -0.2) is 46.2 Å². The van der Waals surface area contributed by atoms with Crippen LogP contribution in [0.15, 0.2) is 21.8 Å². The van der Waals surface area contributed by atoms with Gasteiger partial charge in [0.2, 0.25) is 5.89 Å². The second kappa shape index (κ2) is 8.89. The quantitative estimate of drug-likeness (QED) is 0.463. The van der Waals surface area contributed by atoms with Crippen molar-refractivity contribution in [2.75, 3.05) is 20.6 Å². The average Bonchev–Trinajstić information content (AvgIpc) is 3.14. The third-order valence-electron chi connectivity index (χ3n) is 3.90. The number of rotatable bonds is 7. The molecule has 0 fully saturated rings. The van der Waals surface area contributed by atoms with Gasteiger partial charge in [0, 0.05) is 51.9 Å². The van der Waals surface area contributed by atoms with Crippen molar-refractivity contribution < 1.29 is 4.52 Å². The number of nitrogens with one attached hydrogen (secondary N) is 1. The van der Waals surface area contributed by atoms with Crippen LogP contribution in [0, 0.1) is 0 Å². The van der Waals surface area contributed by atoms with Gasteiger partial charge < -0.3 is 19.3 Å². The first-order chi connectivity index (χ1) is 11.9. The summed E-state index contributed by atoms with van der Waals surface area (Å²) < 4.78 is 7.28. The van der Waals surface area contributed by atoms with Crippen LogP contribution in [0.5, 0.6) is 0 Å². The molecule has 0 atom stereocenters. The number of nitrogens with zero attached hydrogens (tertiary/aromatic N) is 5. The molecule has 0 saturated carbocycles. The molecule has 0 spiro atoms. The molecule has 0 aromatic carbocycles. The summed E-state index contributed by atoms with van der Waals surface area (Å²) in [6.07, 6.45) is 3.54. The van der Waals surface area contributed by atoms with Crippen LogP contribution in [0.3, 0.4) is 0 Å². The molecule has 138 valence electrons. The molecule has 1 N–H and O–H groups in total. The van der Waals surface area contributed by atoms with E-state index in [1.807, 2.05) is 30.9 Å². The van der Waals surface area contributed by atoms with E-state index >= 15 is 0 Å². The summed E-state index contributed by atoms with van der Waals surface area (Å²) in [5, 5.41) is 8.08. The number of hydrogen-bond donors (Lipinski definition) is 1. The molecule has 0 amide bonds. The summed E-state index contributed by atoms with van der Waals surface area (Å²) in [6.45, 7) is 5.61. The number of hydrogen-bond acceptors (Lipinski definition) is 4. The van der Waals surface area contributed by atoms with E-state index in [0.717, 1.165) is 48.4 Å². The maximum atomic E-state index is 6.04. The fourth-order valence-corrected chi connectivity index (χ4v) is 2.74. The molecule has 7 nitrogen and oxygen atoms in total. The van der Waals surface area contributed by atoms with E-state index in [1.54, 1.807) is 7.05 Å². The summed E-state index contributed by atoms with van der Waals surface area (Å²) in [5.41, 5.74) is 1.13. The molecule has 0 aliphatic heterocycles. The number of guanidine groups is 1. The molecular formula is C17H27ClN6O. The highest BCUT2D eigenvalue weighted by Gasteiger charge is 2.11. The minimum absolute atomic E-state index is 0.286. The van der Waals surface area contributed by atoms with Gasteiger partial charge in [0.05, 0.1) is 11.6 Å². The van der Waals surface area contributed by atoms with E-state index in [-0.39, 0.29) is 5.92 Å². The fourth-order valence-electron chi connectivity index (χ4n) is 2.47. The van der Waals surface area contributed by atoms with Gasteiger partial charge in [0.25, 0.3) is 0 Å². The predicted octanol–water partition coefficient (Wildman–Crippen LogP) is 2.82. The van der Waals surface area contributed by atoms with Gasteiger partial charge in [-0.05, 0) is 12.5 Å². The Morgan fingerprint density at radius 1 is 1.48 bits per heavy atom. The second-order valence-electron chi connectivity index (χ2n) is 6.40. The summed E-state index contributed by atoms with van der Waals surface area (Å²) in [7, 11) is 5.77. The first-order valence-electron chi connectivity index (χ1n) is 8.45. The van der Waals surface area contributed by atoms with Crippen LogP contribution < -0.4 is 5.32 Å². The Bertz CT molecular complexity index is 706.